The number of benzene rings is 1. The summed E-state index contributed by atoms with van der Waals surface area (Å²) in [5.41, 5.74) is 0.461. The minimum atomic E-state index is -0.723. The van der Waals surface area contributed by atoms with Crippen LogP contribution in [-0.2, 0) is 23.7 Å². The van der Waals surface area contributed by atoms with Crippen molar-refractivity contribution in [3.8, 4) is 0 Å². The first-order valence-corrected chi connectivity index (χ1v) is 7.50. The summed E-state index contributed by atoms with van der Waals surface area (Å²) in [5, 5.41) is 0.438. The van der Waals surface area contributed by atoms with E-state index in [1.807, 2.05) is 0 Å². The van der Waals surface area contributed by atoms with Gasteiger partial charge in [-0.25, -0.2) is 9.69 Å². The maximum atomic E-state index is 12.9. The number of rotatable bonds is 6. The molecule has 1 aromatic rings. The standard InChI is InChI=1S/C16H17ClN2O6/c1-22-10-18(13-5-3-4-12(17)8-13)16(21)19(11-23-2)15(20)14-9-24-6-7-25-14/h3-9H,10-11H2,1-2H3. The van der Waals surface area contributed by atoms with Gasteiger partial charge in [-0.15, -0.1) is 0 Å². The number of carbonyl (C=O) groups excluding carboxylic acids is 2. The van der Waals surface area contributed by atoms with Gasteiger partial charge in [-0.3, -0.25) is 9.69 Å². The van der Waals surface area contributed by atoms with Crippen LogP contribution in [0.25, 0.3) is 0 Å². The normalized spacial score (nSPS) is 12.7. The van der Waals surface area contributed by atoms with E-state index >= 15 is 0 Å². The molecule has 3 amide bonds. The fraction of sp³-hybridized carbons (Fsp3) is 0.250. The Morgan fingerprint density at radius 2 is 1.92 bits per heavy atom. The van der Waals surface area contributed by atoms with E-state index in [9.17, 15) is 9.59 Å². The van der Waals surface area contributed by atoms with Crippen LogP contribution in [-0.4, -0.2) is 44.5 Å². The van der Waals surface area contributed by atoms with Crippen molar-refractivity contribution < 1.29 is 28.5 Å². The summed E-state index contributed by atoms with van der Waals surface area (Å²) in [6.45, 7) is -0.383. The predicted molar refractivity (Wildman–Crippen MR) is 89.3 cm³/mol. The molecule has 25 heavy (non-hydrogen) atoms. The molecule has 0 saturated carbocycles. The Kier molecular flexibility index (Phi) is 6.81. The maximum Gasteiger partial charge on any atom is 0.335 e. The van der Waals surface area contributed by atoms with E-state index in [1.165, 1.54) is 31.6 Å². The summed E-state index contributed by atoms with van der Waals surface area (Å²) >= 11 is 5.98. The highest BCUT2D eigenvalue weighted by Crippen LogP contribution is 2.22. The van der Waals surface area contributed by atoms with Gasteiger partial charge in [0.1, 0.15) is 32.2 Å². The number of carbonyl (C=O) groups is 2. The highest BCUT2D eigenvalue weighted by molar-refractivity contribution is 6.31. The fourth-order valence-corrected chi connectivity index (χ4v) is 2.17. The van der Waals surface area contributed by atoms with Crippen molar-refractivity contribution in [2.45, 2.75) is 0 Å². The van der Waals surface area contributed by atoms with Crippen LogP contribution < -0.4 is 4.90 Å². The second kappa shape index (κ2) is 9.07. The van der Waals surface area contributed by atoms with Crippen LogP contribution in [0.15, 0.2) is 48.8 Å². The van der Waals surface area contributed by atoms with Gasteiger partial charge in [0.15, 0.2) is 0 Å². The molecular formula is C16H17ClN2O6. The third-order valence-electron chi connectivity index (χ3n) is 3.06. The van der Waals surface area contributed by atoms with E-state index in [-0.39, 0.29) is 19.2 Å². The summed E-state index contributed by atoms with van der Waals surface area (Å²) in [5.74, 6) is -0.879. The van der Waals surface area contributed by atoms with E-state index in [0.717, 1.165) is 11.2 Å². The molecule has 0 saturated heterocycles. The minimum Gasteiger partial charge on any atom is -0.465 e. The van der Waals surface area contributed by atoms with Crippen LogP contribution in [0.3, 0.4) is 0 Å². The Morgan fingerprint density at radius 1 is 1.16 bits per heavy atom. The molecule has 0 bridgehead atoms. The number of imide groups is 1. The Morgan fingerprint density at radius 3 is 2.52 bits per heavy atom. The molecule has 0 aromatic heterocycles. The van der Waals surface area contributed by atoms with Crippen molar-refractivity contribution in [1.29, 1.82) is 0 Å². The second-order valence-corrected chi connectivity index (χ2v) is 5.20. The van der Waals surface area contributed by atoms with Crippen molar-refractivity contribution in [3.63, 3.8) is 0 Å². The second-order valence-electron chi connectivity index (χ2n) is 4.77. The molecule has 8 nitrogen and oxygen atoms in total. The van der Waals surface area contributed by atoms with E-state index in [4.69, 9.17) is 30.5 Å². The first-order valence-electron chi connectivity index (χ1n) is 7.12. The Labute approximate surface area is 149 Å². The molecule has 0 fully saturated rings. The molecule has 0 atom stereocenters. The van der Waals surface area contributed by atoms with Gasteiger partial charge < -0.3 is 18.9 Å². The molecule has 1 aromatic carbocycles. The zero-order chi connectivity index (χ0) is 18.2. The number of methoxy groups -OCH3 is 2. The number of hydrogen-bond donors (Lipinski definition) is 0. The first-order chi connectivity index (χ1) is 12.1. The lowest BCUT2D eigenvalue weighted by Crippen LogP contribution is -2.48. The van der Waals surface area contributed by atoms with Crippen molar-refractivity contribution in [2.75, 3.05) is 32.6 Å². The molecule has 9 heteroatoms. The first kappa shape index (κ1) is 18.8. The van der Waals surface area contributed by atoms with E-state index < -0.39 is 11.9 Å². The van der Waals surface area contributed by atoms with Crippen LogP contribution >= 0.6 is 11.6 Å². The third kappa shape index (κ3) is 4.72. The highest BCUT2D eigenvalue weighted by Gasteiger charge is 2.31. The predicted octanol–water partition coefficient (Wildman–Crippen LogP) is 2.66. The Bertz CT molecular complexity index is 691. The van der Waals surface area contributed by atoms with Crippen molar-refractivity contribution >= 4 is 29.2 Å². The molecule has 0 spiro atoms. The molecule has 0 unspecified atom stereocenters. The molecule has 0 radical (unpaired) electrons. The van der Waals surface area contributed by atoms with E-state index in [1.54, 1.807) is 24.3 Å². The Balaban J connectivity index is 2.29. The molecular weight excluding hydrogens is 352 g/mol. The van der Waals surface area contributed by atoms with Crippen LogP contribution in [0.2, 0.25) is 5.02 Å². The summed E-state index contributed by atoms with van der Waals surface area (Å²) in [4.78, 5) is 27.6. The van der Waals surface area contributed by atoms with Crippen molar-refractivity contribution in [2.24, 2.45) is 0 Å². The molecule has 1 heterocycles. The third-order valence-corrected chi connectivity index (χ3v) is 3.29. The minimum absolute atomic E-state index is 0.0943. The number of ether oxygens (including phenoxy) is 4. The van der Waals surface area contributed by atoms with Gasteiger partial charge >= 0.3 is 11.9 Å². The SMILES string of the molecule is COCN(C(=O)C1=COC=CO1)C(=O)N(COC)c1cccc(Cl)c1. The lowest BCUT2D eigenvalue weighted by molar-refractivity contribution is -0.131. The average molecular weight is 369 g/mol. The monoisotopic (exact) mass is 368 g/mol. The zero-order valence-corrected chi connectivity index (χ0v) is 14.4. The molecule has 0 N–H and O–H groups in total. The van der Waals surface area contributed by atoms with Gasteiger partial charge in [0.25, 0.3) is 0 Å². The van der Waals surface area contributed by atoms with Crippen LogP contribution in [0.4, 0.5) is 10.5 Å². The van der Waals surface area contributed by atoms with Crippen LogP contribution in [0.5, 0.6) is 0 Å². The van der Waals surface area contributed by atoms with Crippen LogP contribution in [0, 0.1) is 0 Å². The largest absolute Gasteiger partial charge is 0.465 e. The molecule has 2 rings (SSSR count). The number of urea groups is 1. The van der Waals surface area contributed by atoms with Gasteiger partial charge in [-0.1, -0.05) is 17.7 Å². The quantitative estimate of drug-likeness (QED) is 0.718. The molecule has 1 aliphatic heterocycles. The van der Waals surface area contributed by atoms with Gasteiger partial charge in [-0.2, -0.15) is 0 Å². The molecule has 0 aliphatic carbocycles. The topological polar surface area (TPSA) is 77.5 Å². The Hall–Kier alpha value is -2.55. The van der Waals surface area contributed by atoms with Gasteiger partial charge in [-0.05, 0) is 18.2 Å². The maximum absolute atomic E-state index is 12.9. The van der Waals surface area contributed by atoms with Gasteiger partial charge in [0.05, 0.1) is 0 Å². The number of anilines is 1. The summed E-state index contributed by atoms with van der Waals surface area (Å²) < 4.78 is 20.0. The zero-order valence-electron chi connectivity index (χ0n) is 13.7. The summed E-state index contributed by atoms with van der Waals surface area (Å²) in [7, 11) is 2.79. The lowest BCUT2D eigenvalue weighted by atomic mass is 10.3. The van der Waals surface area contributed by atoms with Crippen molar-refractivity contribution in [3.05, 3.63) is 53.8 Å². The van der Waals surface area contributed by atoms with Gasteiger partial charge in [0, 0.05) is 24.9 Å². The van der Waals surface area contributed by atoms with Crippen molar-refractivity contribution in [1.82, 2.24) is 4.90 Å². The van der Waals surface area contributed by atoms with Crippen LogP contribution in [0.1, 0.15) is 0 Å². The summed E-state index contributed by atoms with van der Waals surface area (Å²) in [6, 6.07) is 5.93. The number of nitrogens with zero attached hydrogens (tertiary/aromatic N) is 2. The number of hydrogen-bond acceptors (Lipinski definition) is 6. The number of halogens is 1. The highest BCUT2D eigenvalue weighted by atomic mass is 35.5. The summed E-state index contributed by atoms with van der Waals surface area (Å²) in [6.07, 6.45) is 3.54. The lowest BCUT2D eigenvalue weighted by Gasteiger charge is -2.28. The van der Waals surface area contributed by atoms with Gasteiger partial charge in [0.2, 0.25) is 5.76 Å². The van der Waals surface area contributed by atoms with E-state index in [2.05, 4.69) is 0 Å². The average Bonchev–Trinajstić information content (AvgIpc) is 2.64. The smallest absolute Gasteiger partial charge is 0.335 e. The number of amides is 3. The molecule has 134 valence electrons. The molecule has 1 aliphatic rings. The van der Waals surface area contributed by atoms with E-state index in [0.29, 0.717) is 10.7 Å². The fourth-order valence-electron chi connectivity index (χ4n) is 1.98.